The number of nitrogens with one attached hydrogen (secondary N) is 1. The third-order valence-corrected chi connectivity index (χ3v) is 4.53. The summed E-state index contributed by atoms with van der Waals surface area (Å²) in [5.41, 5.74) is 0.711. The Hall–Kier alpha value is -2.06. The lowest BCUT2D eigenvalue weighted by atomic mass is 10.1. The maximum absolute atomic E-state index is 12.2. The fourth-order valence-corrected chi connectivity index (χ4v) is 3.42. The van der Waals surface area contributed by atoms with Gasteiger partial charge in [0.1, 0.15) is 5.75 Å². The van der Waals surface area contributed by atoms with E-state index < -0.39 is 5.91 Å². The van der Waals surface area contributed by atoms with Gasteiger partial charge in [0.15, 0.2) is 23.9 Å². The first-order valence-corrected chi connectivity index (χ1v) is 8.85. The van der Waals surface area contributed by atoms with E-state index in [1.807, 2.05) is 12.1 Å². The van der Waals surface area contributed by atoms with Crippen molar-refractivity contribution in [3.63, 3.8) is 0 Å². The van der Waals surface area contributed by atoms with Crippen LogP contribution < -0.4 is 19.5 Å². The number of amides is 1. The van der Waals surface area contributed by atoms with E-state index in [1.54, 1.807) is 18.2 Å². The van der Waals surface area contributed by atoms with Crippen molar-refractivity contribution in [2.24, 2.45) is 0 Å². The number of carbonyl (C=O) groups is 2. The number of fused-ring (bicyclic) bond motifs is 1. The van der Waals surface area contributed by atoms with Gasteiger partial charge in [0.05, 0.1) is 10.2 Å². The first-order valence-electron chi connectivity index (χ1n) is 7.26. The van der Waals surface area contributed by atoms with Crippen molar-refractivity contribution in [1.82, 2.24) is 0 Å². The van der Waals surface area contributed by atoms with E-state index in [1.165, 1.54) is 6.92 Å². The number of anilines is 1. The molecule has 1 N–H and O–H groups in total. The average Bonchev–Trinajstić information content (AvgIpc) is 3.00. The van der Waals surface area contributed by atoms with E-state index in [0.717, 1.165) is 8.95 Å². The minimum atomic E-state index is -0.392. The molecule has 0 saturated heterocycles. The molecular formula is C17H13Br2NO5. The Labute approximate surface area is 160 Å². The molecule has 0 spiro atoms. The quantitative estimate of drug-likeness (QED) is 0.664. The molecule has 130 valence electrons. The summed E-state index contributed by atoms with van der Waals surface area (Å²) < 4.78 is 17.7. The van der Waals surface area contributed by atoms with E-state index >= 15 is 0 Å². The van der Waals surface area contributed by atoms with Crippen LogP contribution in [0, 0.1) is 0 Å². The fraction of sp³-hybridized carbons (Fsp3) is 0.176. The predicted octanol–water partition coefficient (Wildman–Crippen LogP) is 4.16. The minimum Gasteiger partial charge on any atom is -0.483 e. The summed E-state index contributed by atoms with van der Waals surface area (Å²) in [6.45, 7) is 1.30. The monoisotopic (exact) mass is 469 g/mol. The van der Waals surface area contributed by atoms with Gasteiger partial charge in [-0.05, 0) is 47.1 Å². The topological polar surface area (TPSA) is 73.9 Å². The lowest BCUT2D eigenvalue weighted by Crippen LogP contribution is -2.21. The molecule has 1 heterocycles. The zero-order chi connectivity index (χ0) is 18.0. The number of carbonyl (C=O) groups excluding carboxylic acids is 2. The van der Waals surface area contributed by atoms with Crippen molar-refractivity contribution in [3.8, 4) is 17.2 Å². The average molecular weight is 471 g/mol. The molecule has 1 aliphatic heterocycles. The molecule has 0 saturated carbocycles. The van der Waals surface area contributed by atoms with Crippen LogP contribution in [0.5, 0.6) is 17.2 Å². The summed E-state index contributed by atoms with van der Waals surface area (Å²) in [5.74, 6) is 0.923. The Morgan fingerprint density at radius 3 is 2.56 bits per heavy atom. The fourth-order valence-electron chi connectivity index (χ4n) is 2.26. The molecule has 1 amide bonds. The predicted molar refractivity (Wildman–Crippen MR) is 98.5 cm³/mol. The van der Waals surface area contributed by atoms with Crippen molar-refractivity contribution < 1.29 is 23.8 Å². The first kappa shape index (κ1) is 17.8. The Balaban J connectivity index is 1.71. The zero-order valence-corrected chi connectivity index (χ0v) is 16.3. The van der Waals surface area contributed by atoms with E-state index in [2.05, 4.69) is 37.2 Å². The Kier molecular flexibility index (Phi) is 5.29. The van der Waals surface area contributed by atoms with Gasteiger partial charge in [0, 0.05) is 16.1 Å². The SMILES string of the molecule is CC(=O)c1cc2c(cc1NC(=O)COc1ccc(Br)cc1Br)OCO2. The van der Waals surface area contributed by atoms with Gasteiger partial charge >= 0.3 is 0 Å². The second-order valence-electron chi connectivity index (χ2n) is 5.22. The van der Waals surface area contributed by atoms with Crippen LogP contribution in [0.15, 0.2) is 39.3 Å². The van der Waals surface area contributed by atoms with Crippen LogP contribution in [0.25, 0.3) is 0 Å². The molecule has 3 rings (SSSR count). The summed E-state index contributed by atoms with van der Waals surface area (Å²) in [7, 11) is 0. The minimum absolute atomic E-state index is 0.0881. The van der Waals surface area contributed by atoms with Crippen molar-refractivity contribution in [1.29, 1.82) is 0 Å². The maximum Gasteiger partial charge on any atom is 0.262 e. The lowest BCUT2D eigenvalue weighted by molar-refractivity contribution is -0.118. The van der Waals surface area contributed by atoms with Crippen molar-refractivity contribution in [2.75, 3.05) is 18.7 Å². The van der Waals surface area contributed by atoms with Gasteiger partial charge < -0.3 is 19.5 Å². The van der Waals surface area contributed by atoms with E-state index in [0.29, 0.717) is 28.5 Å². The number of ketones is 1. The Morgan fingerprint density at radius 1 is 1.16 bits per heavy atom. The van der Waals surface area contributed by atoms with Crippen LogP contribution in [0.4, 0.5) is 5.69 Å². The van der Waals surface area contributed by atoms with Crippen LogP contribution in [0.2, 0.25) is 0 Å². The summed E-state index contributed by atoms with van der Waals surface area (Å²) in [4.78, 5) is 24.0. The largest absolute Gasteiger partial charge is 0.483 e. The molecule has 0 fully saturated rings. The standard InChI is InChI=1S/C17H13Br2NO5/c1-9(21)11-5-15-16(25-8-24-15)6-13(11)20-17(22)7-23-14-3-2-10(18)4-12(14)19/h2-6H,7-8H2,1H3,(H,20,22). The summed E-state index contributed by atoms with van der Waals surface area (Å²) in [6.07, 6.45) is 0. The molecule has 0 bridgehead atoms. The molecule has 2 aromatic carbocycles. The van der Waals surface area contributed by atoms with Crippen LogP contribution >= 0.6 is 31.9 Å². The van der Waals surface area contributed by atoms with Gasteiger partial charge in [-0.2, -0.15) is 0 Å². The van der Waals surface area contributed by atoms with E-state index in [-0.39, 0.29) is 19.2 Å². The van der Waals surface area contributed by atoms with Crippen molar-refractivity contribution in [2.45, 2.75) is 6.92 Å². The molecule has 8 heteroatoms. The molecule has 0 aliphatic carbocycles. The highest BCUT2D eigenvalue weighted by atomic mass is 79.9. The van der Waals surface area contributed by atoms with Gasteiger partial charge in [-0.25, -0.2) is 0 Å². The molecule has 6 nitrogen and oxygen atoms in total. The Bertz CT molecular complexity index is 853. The molecule has 2 aromatic rings. The van der Waals surface area contributed by atoms with Crippen LogP contribution in [-0.4, -0.2) is 25.1 Å². The normalized spacial score (nSPS) is 12.0. The smallest absolute Gasteiger partial charge is 0.262 e. The number of hydrogen-bond donors (Lipinski definition) is 1. The zero-order valence-electron chi connectivity index (χ0n) is 13.1. The van der Waals surface area contributed by atoms with Crippen LogP contribution in [0.3, 0.4) is 0 Å². The number of hydrogen-bond acceptors (Lipinski definition) is 5. The molecule has 0 atom stereocenters. The number of ether oxygens (including phenoxy) is 3. The molecule has 1 aliphatic rings. The maximum atomic E-state index is 12.2. The van der Waals surface area contributed by atoms with E-state index in [4.69, 9.17) is 14.2 Å². The molecular weight excluding hydrogens is 458 g/mol. The molecule has 25 heavy (non-hydrogen) atoms. The number of rotatable bonds is 5. The van der Waals surface area contributed by atoms with Crippen molar-refractivity contribution in [3.05, 3.63) is 44.8 Å². The number of Topliss-reactive ketones (excluding diaryl/α,β-unsaturated/α-hetero) is 1. The first-order chi connectivity index (χ1) is 11.9. The van der Waals surface area contributed by atoms with Crippen LogP contribution in [0.1, 0.15) is 17.3 Å². The number of benzene rings is 2. The van der Waals surface area contributed by atoms with Crippen molar-refractivity contribution >= 4 is 49.2 Å². The summed E-state index contributed by atoms with van der Waals surface area (Å²) >= 11 is 6.71. The lowest BCUT2D eigenvalue weighted by Gasteiger charge is -2.12. The second-order valence-corrected chi connectivity index (χ2v) is 6.99. The molecule has 0 unspecified atom stereocenters. The highest BCUT2D eigenvalue weighted by Gasteiger charge is 2.20. The summed E-state index contributed by atoms with van der Waals surface area (Å²) in [5, 5.41) is 2.68. The molecule has 0 aromatic heterocycles. The van der Waals surface area contributed by atoms with Gasteiger partial charge in [-0.1, -0.05) is 15.9 Å². The second kappa shape index (κ2) is 7.45. The molecule has 0 radical (unpaired) electrons. The third kappa shape index (κ3) is 4.13. The number of halogens is 2. The highest BCUT2D eigenvalue weighted by molar-refractivity contribution is 9.11. The van der Waals surface area contributed by atoms with Gasteiger partial charge in [-0.15, -0.1) is 0 Å². The van der Waals surface area contributed by atoms with Gasteiger partial charge in [0.25, 0.3) is 5.91 Å². The van der Waals surface area contributed by atoms with Gasteiger partial charge in [-0.3, -0.25) is 9.59 Å². The van der Waals surface area contributed by atoms with Crippen LogP contribution in [-0.2, 0) is 4.79 Å². The van der Waals surface area contributed by atoms with Gasteiger partial charge in [0.2, 0.25) is 6.79 Å². The summed E-state index contributed by atoms with van der Waals surface area (Å²) in [6, 6.07) is 8.50. The highest BCUT2D eigenvalue weighted by Crippen LogP contribution is 2.37. The Morgan fingerprint density at radius 2 is 1.88 bits per heavy atom. The van der Waals surface area contributed by atoms with E-state index in [9.17, 15) is 9.59 Å². The third-order valence-electron chi connectivity index (χ3n) is 3.42.